The summed E-state index contributed by atoms with van der Waals surface area (Å²) in [5.41, 5.74) is 0. The van der Waals surface area contributed by atoms with E-state index in [9.17, 15) is 4.79 Å². The highest BCUT2D eigenvalue weighted by Crippen LogP contribution is 2.24. The first-order valence-electron chi connectivity index (χ1n) is 6.95. The molecular formula is C13H27Cl2N3O2. The molecule has 2 atom stereocenters. The van der Waals surface area contributed by atoms with E-state index >= 15 is 0 Å². The van der Waals surface area contributed by atoms with Crippen molar-refractivity contribution in [2.45, 2.75) is 31.8 Å². The van der Waals surface area contributed by atoms with Gasteiger partial charge in [0.25, 0.3) is 0 Å². The predicted molar refractivity (Wildman–Crippen MR) is 85.0 cm³/mol. The fourth-order valence-electron chi connectivity index (χ4n) is 3.01. The molecule has 2 unspecified atom stereocenters. The van der Waals surface area contributed by atoms with Crippen LogP contribution in [0.1, 0.15) is 19.8 Å². The van der Waals surface area contributed by atoms with E-state index in [4.69, 9.17) is 4.74 Å². The fourth-order valence-corrected chi connectivity index (χ4v) is 3.01. The smallest absolute Gasteiger partial charge is 0.236 e. The van der Waals surface area contributed by atoms with Crippen LogP contribution in [0, 0.1) is 0 Å². The minimum atomic E-state index is 0. The lowest BCUT2D eigenvalue weighted by Gasteiger charge is -2.42. The van der Waals surface area contributed by atoms with Crippen LogP contribution >= 0.6 is 24.8 Å². The molecule has 0 aliphatic carbocycles. The Morgan fingerprint density at radius 3 is 2.80 bits per heavy atom. The highest BCUT2D eigenvalue weighted by molar-refractivity contribution is 5.85. The van der Waals surface area contributed by atoms with E-state index in [0.717, 1.165) is 19.6 Å². The van der Waals surface area contributed by atoms with Crippen molar-refractivity contribution in [1.29, 1.82) is 0 Å². The summed E-state index contributed by atoms with van der Waals surface area (Å²) in [5.74, 6) is 0.227. The first-order chi connectivity index (χ1) is 8.72. The number of halogens is 2. The Hall–Kier alpha value is -0.0700. The molecule has 0 spiro atoms. The first kappa shape index (κ1) is 19.9. The van der Waals surface area contributed by atoms with Crippen molar-refractivity contribution in [3.8, 4) is 0 Å². The molecule has 0 bridgehead atoms. The summed E-state index contributed by atoms with van der Waals surface area (Å²) in [6, 6.07) is 0.945. The zero-order valence-electron chi connectivity index (χ0n) is 12.3. The number of nitrogens with one attached hydrogen (secondary N) is 1. The second-order valence-electron chi connectivity index (χ2n) is 5.36. The van der Waals surface area contributed by atoms with Gasteiger partial charge in [0.1, 0.15) is 0 Å². The molecule has 7 heteroatoms. The molecule has 2 aliphatic heterocycles. The number of fused-ring (bicyclic) bond motifs is 1. The molecule has 1 amide bonds. The summed E-state index contributed by atoms with van der Waals surface area (Å²) >= 11 is 0. The van der Waals surface area contributed by atoms with Gasteiger partial charge in [-0.2, -0.15) is 0 Å². The third-order valence-corrected chi connectivity index (χ3v) is 4.02. The average molecular weight is 328 g/mol. The van der Waals surface area contributed by atoms with Crippen LogP contribution in [-0.2, 0) is 9.53 Å². The van der Waals surface area contributed by atoms with E-state index in [1.807, 2.05) is 4.90 Å². The molecule has 1 N–H and O–H groups in total. The Labute approximate surface area is 134 Å². The monoisotopic (exact) mass is 327 g/mol. The lowest BCUT2D eigenvalue weighted by atomic mass is 10.1. The lowest BCUT2D eigenvalue weighted by Crippen LogP contribution is -2.58. The van der Waals surface area contributed by atoms with E-state index < -0.39 is 0 Å². The van der Waals surface area contributed by atoms with E-state index in [0.29, 0.717) is 25.2 Å². The van der Waals surface area contributed by atoms with Gasteiger partial charge in [-0.1, -0.05) is 0 Å². The molecule has 120 valence electrons. The number of nitrogens with zero attached hydrogens (tertiary/aromatic N) is 2. The molecule has 2 rings (SSSR count). The number of amides is 1. The summed E-state index contributed by atoms with van der Waals surface area (Å²) in [6.45, 7) is 7.13. The quantitative estimate of drug-likeness (QED) is 0.757. The van der Waals surface area contributed by atoms with Crippen LogP contribution in [0.2, 0.25) is 0 Å². The van der Waals surface area contributed by atoms with Gasteiger partial charge in [0.2, 0.25) is 5.91 Å². The van der Waals surface area contributed by atoms with Gasteiger partial charge in [-0.3, -0.25) is 9.69 Å². The number of ether oxygens (including phenoxy) is 1. The number of methoxy groups -OCH3 is 1. The standard InChI is InChI=1S/C13H25N3O2.2ClH/c1-11-9-15-6-3-4-12(15)10-16(11)13(17)8-14-5-7-18-2;;/h11-12,14H,3-10H2,1-2H3;2*1H. The Morgan fingerprint density at radius 1 is 1.35 bits per heavy atom. The third kappa shape index (κ3) is 5.04. The number of carbonyl (C=O) groups is 1. The van der Waals surface area contributed by atoms with E-state index in [2.05, 4.69) is 17.1 Å². The molecule has 2 fully saturated rings. The molecule has 2 heterocycles. The summed E-state index contributed by atoms with van der Waals surface area (Å²) in [5, 5.41) is 3.13. The van der Waals surface area contributed by atoms with Crippen molar-refractivity contribution in [2.75, 3.05) is 46.4 Å². The van der Waals surface area contributed by atoms with Crippen LogP contribution in [0.4, 0.5) is 0 Å². The van der Waals surface area contributed by atoms with Gasteiger partial charge in [-0.25, -0.2) is 0 Å². The van der Waals surface area contributed by atoms with Crippen LogP contribution in [0.25, 0.3) is 0 Å². The van der Waals surface area contributed by atoms with Crippen LogP contribution in [-0.4, -0.2) is 74.2 Å². The van der Waals surface area contributed by atoms with Crippen molar-refractivity contribution in [3.63, 3.8) is 0 Å². The third-order valence-electron chi connectivity index (χ3n) is 4.02. The minimum Gasteiger partial charge on any atom is -0.383 e. The molecule has 5 nitrogen and oxygen atoms in total. The number of rotatable bonds is 5. The Bertz CT molecular complexity index is 295. The topological polar surface area (TPSA) is 44.8 Å². The second-order valence-corrected chi connectivity index (χ2v) is 5.36. The fraction of sp³-hybridized carbons (Fsp3) is 0.923. The van der Waals surface area contributed by atoms with Crippen LogP contribution in [0.5, 0.6) is 0 Å². The second kappa shape index (κ2) is 9.79. The Balaban J connectivity index is 0.00000180. The minimum absolute atomic E-state index is 0. The summed E-state index contributed by atoms with van der Waals surface area (Å²) in [6.07, 6.45) is 2.53. The van der Waals surface area contributed by atoms with E-state index in [-0.39, 0.29) is 30.7 Å². The molecule has 20 heavy (non-hydrogen) atoms. The summed E-state index contributed by atoms with van der Waals surface area (Å²) in [7, 11) is 1.67. The van der Waals surface area contributed by atoms with Gasteiger partial charge in [0.15, 0.2) is 0 Å². The molecule has 0 aromatic carbocycles. The van der Waals surface area contributed by atoms with Gasteiger partial charge >= 0.3 is 0 Å². The largest absolute Gasteiger partial charge is 0.383 e. The van der Waals surface area contributed by atoms with Crippen molar-refractivity contribution < 1.29 is 9.53 Å². The zero-order valence-corrected chi connectivity index (χ0v) is 14.0. The lowest BCUT2D eigenvalue weighted by molar-refractivity contribution is -0.135. The number of piperazine rings is 1. The van der Waals surface area contributed by atoms with Crippen LogP contribution < -0.4 is 5.32 Å². The van der Waals surface area contributed by atoms with Gasteiger partial charge in [0, 0.05) is 38.8 Å². The summed E-state index contributed by atoms with van der Waals surface area (Å²) in [4.78, 5) is 16.7. The van der Waals surface area contributed by atoms with Crippen LogP contribution in [0.15, 0.2) is 0 Å². The molecule has 0 aromatic rings. The predicted octanol–water partition coefficient (Wildman–Crippen LogP) is 0.761. The number of hydrogen-bond acceptors (Lipinski definition) is 4. The summed E-state index contributed by atoms with van der Waals surface area (Å²) < 4.78 is 4.95. The van der Waals surface area contributed by atoms with Gasteiger partial charge < -0.3 is 15.0 Å². The van der Waals surface area contributed by atoms with Crippen LogP contribution in [0.3, 0.4) is 0 Å². The molecule has 0 aromatic heterocycles. The number of carbonyl (C=O) groups excluding carboxylic acids is 1. The Kier molecular flexibility index (Phi) is 9.76. The van der Waals surface area contributed by atoms with Gasteiger partial charge in [-0.05, 0) is 26.3 Å². The average Bonchev–Trinajstić information content (AvgIpc) is 2.80. The number of hydrogen-bond donors (Lipinski definition) is 1. The van der Waals surface area contributed by atoms with Gasteiger partial charge in [-0.15, -0.1) is 24.8 Å². The molecule has 0 radical (unpaired) electrons. The normalized spacial score (nSPS) is 25.6. The highest BCUT2D eigenvalue weighted by atomic mass is 35.5. The van der Waals surface area contributed by atoms with E-state index in [1.54, 1.807) is 7.11 Å². The molecule has 2 aliphatic rings. The molecule has 0 saturated carbocycles. The van der Waals surface area contributed by atoms with Crippen molar-refractivity contribution in [3.05, 3.63) is 0 Å². The van der Waals surface area contributed by atoms with Gasteiger partial charge in [0.05, 0.1) is 13.2 Å². The van der Waals surface area contributed by atoms with Crippen molar-refractivity contribution >= 4 is 30.7 Å². The van der Waals surface area contributed by atoms with Crippen molar-refractivity contribution in [1.82, 2.24) is 15.1 Å². The maximum atomic E-state index is 12.2. The highest BCUT2D eigenvalue weighted by Gasteiger charge is 2.35. The first-order valence-corrected chi connectivity index (χ1v) is 6.95. The maximum Gasteiger partial charge on any atom is 0.236 e. The zero-order chi connectivity index (χ0) is 13.0. The van der Waals surface area contributed by atoms with Crippen molar-refractivity contribution in [2.24, 2.45) is 0 Å². The van der Waals surface area contributed by atoms with E-state index in [1.165, 1.54) is 19.4 Å². The maximum absolute atomic E-state index is 12.2. The SMILES string of the molecule is COCCNCC(=O)N1CC2CCCN2CC1C.Cl.Cl. The molecular weight excluding hydrogens is 301 g/mol. The molecule has 2 saturated heterocycles. The Morgan fingerprint density at radius 2 is 2.10 bits per heavy atom.